The van der Waals surface area contributed by atoms with Crippen molar-refractivity contribution in [2.75, 3.05) is 6.61 Å². The topological polar surface area (TPSA) is 76.0 Å². The second kappa shape index (κ2) is 7.92. The van der Waals surface area contributed by atoms with Gasteiger partial charge in [0, 0.05) is 11.1 Å². The molecule has 0 spiro atoms. The third kappa shape index (κ3) is 4.29. The highest BCUT2D eigenvalue weighted by Crippen LogP contribution is 2.46. The molecule has 5 nitrogen and oxygen atoms in total. The fraction of sp³-hybridized carbons (Fsp3) is 0.588. The van der Waals surface area contributed by atoms with Crippen molar-refractivity contribution in [3.05, 3.63) is 17.2 Å². The molecule has 0 aliphatic heterocycles. The molecule has 0 fully saturated rings. The van der Waals surface area contributed by atoms with Gasteiger partial charge in [0.05, 0.1) is 6.61 Å². The molecule has 0 aliphatic carbocycles. The van der Waals surface area contributed by atoms with Gasteiger partial charge >= 0.3 is 6.16 Å². The van der Waals surface area contributed by atoms with Crippen LogP contribution in [0.3, 0.4) is 0 Å². The normalized spacial score (nSPS) is 11.0. The number of aromatic hydroxyl groups is 1. The predicted octanol–water partition coefficient (Wildman–Crippen LogP) is 4.87. The first-order valence-corrected chi connectivity index (χ1v) is 7.72. The van der Waals surface area contributed by atoms with Gasteiger partial charge in [0.1, 0.15) is 5.75 Å². The Kier molecular flexibility index (Phi) is 6.53. The largest absolute Gasteiger partial charge is 0.511 e. The SMILES string of the molecule is CCCCOc1cc(C(C)C)c(OC(=O)O)c(O)c1C(C)C. The van der Waals surface area contributed by atoms with Crippen molar-refractivity contribution in [3.8, 4) is 17.2 Å². The lowest BCUT2D eigenvalue weighted by Crippen LogP contribution is -2.09. The first-order chi connectivity index (χ1) is 10.3. The molecule has 0 radical (unpaired) electrons. The van der Waals surface area contributed by atoms with Crippen LogP contribution >= 0.6 is 0 Å². The maximum Gasteiger partial charge on any atom is 0.511 e. The summed E-state index contributed by atoms with van der Waals surface area (Å²) in [5.41, 5.74) is 1.20. The van der Waals surface area contributed by atoms with Crippen LogP contribution in [0.15, 0.2) is 6.07 Å². The molecule has 0 atom stereocenters. The molecule has 0 heterocycles. The second-order valence-corrected chi connectivity index (χ2v) is 5.93. The van der Waals surface area contributed by atoms with Crippen molar-refractivity contribution in [1.82, 2.24) is 0 Å². The van der Waals surface area contributed by atoms with E-state index in [0.29, 0.717) is 23.5 Å². The summed E-state index contributed by atoms with van der Waals surface area (Å²) in [7, 11) is 0. The first kappa shape index (κ1) is 18.1. The molecule has 0 saturated carbocycles. The van der Waals surface area contributed by atoms with E-state index in [-0.39, 0.29) is 23.3 Å². The third-order valence-electron chi connectivity index (χ3n) is 3.43. The van der Waals surface area contributed by atoms with Crippen molar-refractivity contribution in [3.63, 3.8) is 0 Å². The van der Waals surface area contributed by atoms with Crippen LogP contribution in [-0.2, 0) is 0 Å². The van der Waals surface area contributed by atoms with E-state index in [2.05, 4.69) is 6.92 Å². The van der Waals surface area contributed by atoms with Crippen molar-refractivity contribution in [1.29, 1.82) is 0 Å². The minimum atomic E-state index is -1.44. The zero-order chi connectivity index (χ0) is 16.9. The van der Waals surface area contributed by atoms with Gasteiger partial charge in [0.15, 0.2) is 11.5 Å². The summed E-state index contributed by atoms with van der Waals surface area (Å²) in [5.74, 6) is 0.440. The molecule has 0 aliphatic rings. The zero-order valence-electron chi connectivity index (χ0n) is 14.0. The number of ether oxygens (including phenoxy) is 2. The van der Waals surface area contributed by atoms with Gasteiger partial charge in [0.25, 0.3) is 0 Å². The molecule has 1 aromatic carbocycles. The highest BCUT2D eigenvalue weighted by Gasteiger charge is 2.25. The Morgan fingerprint density at radius 1 is 1.23 bits per heavy atom. The standard InChI is InChI=1S/C17H26O5/c1-6-7-8-21-13-9-12(10(2)3)16(22-17(19)20)15(18)14(13)11(4)5/h9-11,18H,6-8H2,1-5H3,(H,19,20). The number of unbranched alkanes of at least 4 members (excludes halogenated alkanes) is 1. The smallest absolute Gasteiger partial charge is 0.504 e. The third-order valence-corrected chi connectivity index (χ3v) is 3.43. The molecule has 0 aromatic heterocycles. The first-order valence-electron chi connectivity index (χ1n) is 7.72. The van der Waals surface area contributed by atoms with Crippen LogP contribution < -0.4 is 9.47 Å². The number of phenolic OH excluding ortho intramolecular Hbond substituents is 1. The van der Waals surface area contributed by atoms with Crippen LogP contribution in [0.4, 0.5) is 4.79 Å². The summed E-state index contributed by atoms with van der Waals surface area (Å²) in [6.07, 6.45) is 0.495. The van der Waals surface area contributed by atoms with Gasteiger partial charge in [-0.15, -0.1) is 0 Å². The number of hydrogen-bond acceptors (Lipinski definition) is 4. The molecule has 0 amide bonds. The van der Waals surface area contributed by atoms with Gasteiger partial charge in [-0.1, -0.05) is 41.0 Å². The summed E-state index contributed by atoms with van der Waals surface area (Å²) >= 11 is 0. The predicted molar refractivity (Wildman–Crippen MR) is 85.3 cm³/mol. The van der Waals surface area contributed by atoms with Gasteiger partial charge in [-0.3, -0.25) is 0 Å². The lowest BCUT2D eigenvalue weighted by molar-refractivity contribution is 0.142. The maximum absolute atomic E-state index is 10.9. The van der Waals surface area contributed by atoms with Crippen LogP contribution in [0.2, 0.25) is 0 Å². The van der Waals surface area contributed by atoms with E-state index in [9.17, 15) is 9.90 Å². The quantitative estimate of drug-likeness (QED) is 0.426. The van der Waals surface area contributed by atoms with Gasteiger partial charge < -0.3 is 19.7 Å². The Labute approximate surface area is 131 Å². The molecule has 2 N–H and O–H groups in total. The van der Waals surface area contributed by atoms with Crippen molar-refractivity contribution >= 4 is 6.16 Å². The number of benzene rings is 1. The van der Waals surface area contributed by atoms with Gasteiger partial charge in [0.2, 0.25) is 0 Å². The Morgan fingerprint density at radius 3 is 2.32 bits per heavy atom. The molecule has 5 heteroatoms. The van der Waals surface area contributed by atoms with Crippen molar-refractivity contribution in [2.24, 2.45) is 0 Å². The van der Waals surface area contributed by atoms with E-state index >= 15 is 0 Å². The minimum absolute atomic E-state index is 0.00464. The number of carbonyl (C=O) groups is 1. The van der Waals surface area contributed by atoms with E-state index in [4.69, 9.17) is 14.6 Å². The van der Waals surface area contributed by atoms with E-state index in [0.717, 1.165) is 12.8 Å². The van der Waals surface area contributed by atoms with Gasteiger partial charge in [-0.25, -0.2) is 4.79 Å². The van der Waals surface area contributed by atoms with Crippen LogP contribution in [-0.4, -0.2) is 23.0 Å². The fourth-order valence-electron chi connectivity index (χ4n) is 2.29. The summed E-state index contributed by atoms with van der Waals surface area (Å²) < 4.78 is 10.6. The Bertz CT molecular complexity index is 520. The average Bonchev–Trinajstić information content (AvgIpc) is 2.40. The molecule has 1 aromatic rings. The number of carboxylic acid groups (broad SMARTS) is 1. The molecule has 1 rings (SSSR count). The van der Waals surface area contributed by atoms with E-state index in [1.54, 1.807) is 6.07 Å². The minimum Gasteiger partial charge on any atom is -0.504 e. The molecule has 124 valence electrons. The molecule has 0 saturated heterocycles. The van der Waals surface area contributed by atoms with E-state index in [1.165, 1.54) is 0 Å². The molecular formula is C17H26O5. The monoisotopic (exact) mass is 310 g/mol. The van der Waals surface area contributed by atoms with Crippen molar-refractivity contribution < 1.29 is 24.5 Å². The lowest BCUT2D eigenvalue weighted by atomic mass is 9.93. The van der Waals surface area contributed by atoms with E-state index in [1.807, 2.05) is 27.7 Å². The van der Waals surface area contributed by atoms with Crippen molar-refractivity contribution in [2.45, 2.75) is 59.3 Å². The zero-order valence-corrected chi connectivity index (χ0v) is 14.0. The lowest BCUT2D eigenvalue weighted by Gasteiger charge is -2.21. The highest BCUT2D eigenvalue weighted by atomic mass is 16.7. The molecule has 0 unspecified atom stereocenters. The number of rotatable bonds is 7. The Balaban J connectivity index is 3.40. The Morgan fingerprint density at radius 2 is 1.86 bits per heavy atom. The summed E-state index contributed by atoms with van der Waals surface area (Å²) in [4.78, 5) is 10.9. The number of hydrogen-bond donors (Lipinski definition) is 2. The summed E-state index contributed by atoms with van der Waals surface area (Å²) in [5, 5.41) is 19.4. The average molecular weight is 310 g/mol. The summed E-state index contributed by atoms with van der Waals surface area (Å²) in [6.45, 7) is 10.3. The Hall–Kier alpha value is -1.91. The highest BCUT2D eigenvalue weighted by molar-refractivity contribution is 5.68. The second-order valence-electron chi connectivity index (χ2n) is 5.93. The molecule has 22 heavy (non-hydrogen) atoms. The number of phenols is 1. The summed E-state index contributed by atoms with van der Waals surface area (Å²) in [6, 6.07) is 1.79. The fourth-order valence-corrected chi connectivity index (χ4v) is 2.29. The van der Waals surface area contributed by atoms with Crippen LogP contribution in [0.1, 0.15) is 70.4 Å². The van der Waals surface area contributed by atoms with E-state index < -0.39 is 6.16 Å². The van der Waals surface area contributed by atoms with Gasteiger partial charge in [-0.2, -0.15) is 0 Å². The van der Waals surface area contributed by atoms with Crippen LogP contribution in [0.5, 0.6) is 17.2 Å². The maximum atomic E-state index is 10.9. The molecular weight excluding hydrogens is 284 g/mol. The van der Waals surface area contributed by atoms with Crippen LogP contribution in [0.25, 0.3) is 0 Å². The molecule has 0 bridgehead atoms. The van der Waals surface area contributed by atoms with Gasteiger partial charge in [-0.05, 0) is 24.3 Å². The van der Waals surface area contributed by atoms with Crippen LogP contribution in [0, 0.1) is 0 Å².